The molecule has 1 saturated heterocycles. The van der Waals surface area contributed by atoms with Gasteiger partial charge in [-0.05, 0) is 37.4 Å². The fourth-order valence-electron chi connectivity index (χ4n) is 2.29. The summed E-state index contributed by atoms with van der Waals surface area (Å²) < 4.78 is 0. The third-order valence-corrected chi connectivity index (χ3v) is 3.30. The Morgan fingerprint density at radius 3 is 3.17 bits per heavy atom. The van der Waals surface area contributed by atoms with E-state index in [4.69, 9.17) is 0 Å². The lowest BCUT2D eigenvalue weighted by molar-refractivity contribution is -0.121. The maximum atomic E-state index is 11.7. The third-order valence-electron chi connectivity index (χ3n) is 3.30. The monoisotopic (exact) mass is 247 g/mol. The molecular formula is C14H21N3O. The van der Waals surface area contributed by atoms with E-state index >= 15 is 0 Å². The lowest BCUT2D eigenvalue weighted by Crippen LogP contribution is -2.39. The molecule has 1 aromatic rings. The van der Waals surface area contributed by atoms with Gasteiger partial charge in [0.05, 0.1) is 0 Å². The van der Waals surface area contributed by atoms with Gasteiger partial charge in [-0.25, -0.2) is 0 Å². The van der Waals surface area contributed by atoms with Crippen molar-refractivity contribution in [2.45, 2.75) is 38.1 Å². The van der Waals surface area contributed by atoms with Gasteiger partial charge in [-0.15, -0.1) is 0 Å². The number of aromatic nitrogens is 1. The Hall–Kier alpha value is -1.42. The number of pyridine rings is 1. The largest absolute Gasteiger partial charge is 0.356 e. The van der Waals surface area contributed by atoms with Crippen LogP contribution in [0, 0.1) is 0 Å². The summed E-state index contributed by atoms with van der Waals surface area (Å²) in [4.78, 5) is 15.8. The summed E-state index contributed by atoms with van der Waals surface area (Å²) in [6.07, 6.45) is 8.65. The highest BCUT2D eigenvalue weighted by molar-refractivity contribution is 5.76. The van der Waals surface area contributed by atoms with Crippen molar-refractivity contribution in [2.75, 3.05) is 13.1 Å². The van der Waals surface area contributed by atoms with Crippen molar-refractivity contribution in [3.8, 4) is 0 Å². The van der Waals surface area contributed by atoms with E-state index < -0.39 is 0 Å². The van der Waals surface area contributed by atoms with Gasteiger partial charge in [-0.3, -0.25) is 9.78 Å². The maximum Gasteiger partial charge on any atom is 0.221 e. The quantitative estimate of drug-likeness (QED) is 0.824. The molecule has 0 radical (unpaired) electrons. The number of hydrogen-bond acceptors (Lipinski definition) is 3. The van der Waals surface area contributed by atoms with Gasteiger partial charge >= 0.3 is 0 Å². The van der Waals surface area contributed by atoms with E-state index in [2.05, 4.69) is 15.6 Å². The Kier molecular flexibility index (Phi) is 5.15. The van der Waals surface area contributed by atoms with Crippen LogP contribution >= 0.6 is 0 Å². The van der Waals surface area contributed by atoms with Crippen LogP contribution in [-0.4, -0.2) is 30.0 Å². The number of carbonyl (C=O) groups is 1. The van der Waals surface area contributed by atoms with E-state index in [9.17, 15) is 4.79 Å². The summed E-state index contributed by atoms with van der Waals surface area (Å²) in [5, 5.41) is 6.36. The first-order chi connectivity index (χ1) is 8.84. The van der Waals surface area contributed by atoms with E-state index in [-0.39, 0.29) is 5.91 Å². The van der Waals surface area contributed by atoms with Gasteiger partial charge in [0.25, 0.3) is 0 Å². The van der Waals surface area contributed by atoms with Gasteiger partial charge in [0.1, 0.15) is 0 Å². The molecule has 1 unspecified atom stereocenters. The minimum atomic E-state index is 0.151. The van der Waals surface area contributed by atoms with Crippen LogP contribution in [0.5, 0.6) is 0 Å². The summed E-state index contributed by atoms with van der Waals surface area (Å²) in [6, 6.07) is 4.32. The molecule has 1 aromatic heterocycles. The van der Waals surface area contributed by atoms with Crippen molar-refractivity contribution in [1.29, 1.82) is 0 Å². The zero-order valence-electron chi connectivity index (χ0n) is 10.7. The van der Waals surface area contributed by atoms with Gasteiger partial charge in [0, 0.05) is 31.4 Å². The van der Waals surface area contributed by atoms with Crippen molar-refractivity contribution in [2.24, 2.45) is 0 Å². The molecule has 4 nitrogen and oxygen atoms in total. The maximum absolute atomic E-state index is 11.7. The second-order valence-electron chi connectivity index (χ2n) is 4.81. The summed E-state index contributed by atoms with van der Waals surface area (Å²) in [6.45, 7) is 1.74. The van der Waals surface area contributed by atoms with Gasteiger partial charge in [-0.1, -0.05) is 12.5 Å². The molecule has 0 bridgehead atoms. The second kappa shape index (κ2) is 7.11. The standard InChI is InChI=1S/C14H21N3O/c18-14(10-13-5-1-2-8-16-13)17-9-6-12-4-3-7-15-11-12/h3-4,7,11,13,16H,1-2,5-6,8-10H2,(H,17,18). The van der Waals surface area contributed by atoms with Crippen LogP contribution in [0.25, 0.3) is 0 Å². The van der Waals surface area contributed by atoms with Crippen LogP contribution in [-0.2, 0) is 11.2 Å². The van der Waals surface area contributed by atoms with E-state index in [0.29, 0.717) is 19.0 Å². The molecule has 18 heavy (non-hydrogen) atoms. The molecule has 0 aromatic carbocycles. The van der Waals surface area contributed by atoms with Crippen molar-refractivity contribution >= 4 is 5.91 Å². The first-order valence-corrected chi connectivity index (χ1v) is 6.73. The van der Waals surface area contributed by atoms with Gasteiger partial charge < -0.3 is 10.6 Å². The molecule has 1 amide bonds. The highest BCUT2D eigenvalue weighted by Crippen LogP contribution is 2.09. The number of piperidine rings is 1. The highest BCUT2D eigenvalue weighted by atomic mass is 16.1. The van der Waals surface area contributed by atoms with Gasteiger partial charge in [0.15, 0.2) is 0 Å². The highest BCUT2D eigenvalue weighted by Gasteiger charge is 2.15. The summed E-state index contributed by atoms with van der Waals surface area (Å²) in [5.74, 6) is 0.151. The second-order valence-corrected chi connectivity index (χ2v) is 4.81. The predicted molar refractivity (Wildman–Crippen MR) is 71.2 cm³/mol. The fourth-order valence-corrected chi connectivity index (χ4v) is 2.29. The summed E-state index contributed by atoms with van der Waals surface area (Å²) in [7, 11) is 0. The first kappa shape index (κ1) is 13.0. The Morgan fingerprint density at radius 2 is 2.44 bits per heavy atom. The summed E-state index contributed by atoms with van der Waals surface area (Å²) in [5.41, 5.74) is 1.16. The molecule has 1 atom stereocenters. The molecule has 1 fully saturated rings. The van der Waals surface area contributed by atoms with E-state index in [0.717, 1.165) is 24.9 Å². The Labute approximate surface area is 108 Å². The van der Waals surface area contributed by atoms with Gasteiger partial charge in [0.2, 0.25) is 5.91 Å². The molecule has 98 valence electrons. The number of amides is 1. The Morgan fingerprint density at radius 1 is 1.50 bits per heavy atom. The predicted octanol–water partition coefficient (Wildman–Crippen LogP) is 1.27. The third kappa shape index (κ3) is 4.45. The molecule has 2 N–H and O–H groups in total. The Balaban J connectivity index is 1.62. The van der Waals surface area contributed by atoms with Gasteiger partial charge in [-0.2, -0.15) is 0 Å². The van der Waals surface area contributed by atoms with Crippen molar-refractivity contribution < 1.29 is 4.79 Å². The molecule has 0 aliphatic carbocycles. The minimum absolute atomic E-state index is 0.151. The number of nitrogens with one attached hydrogen (secondary N) is 2. The van der Waals surface area contributed by atoms with E-state index in [1.807, 2.05) is 18.3 Å². The van der Waals surface area contributed by atoms with Crippen molar-refractivity contribution in [3.05, 3.63) is 30.1 Å². The molecule has 2 rings (SSSR count). The molecular weight excluding hydrogens is 226 g/mol. The molecule has 0 spiro atoms. The van der Waals surface area contributed by atoms with Crippen LogP contribution in [0.15, 0.2) is 24.5 Å². The average molecular weight is 247 g/mol. The zero-order valence-corrected chi connectivity index (χ0v) is 10.7. The minimum Gasteiger partial charge on any atom is -0.356 e. The molecule has 0 saturated carbocycles. The first-order valence-electron chi connectivity index (χ1n) is 6.73. The number of nitrogens with zero attached hydrogens (tertiary/aromatic N) is 1. The molecule has 4 heteroatoms. The van der Waals surface area contributed by atoms with E-state index in [1.165, 1.54) is 12.8 Å². The molecule has 1 aliphatic heterocycles. The number of hydrogen-bond donors (Lipinski definition) is 2. The van der Waals surface area contributed by atoms with Crippen LogP contribution in [0.3, 0.4) is 0 Å². The van der Waals surface area contributed by atoms with Crippen LogP contribution in [0.4, 0.5) is 0 Å². The zero-order chi connectivity index (χ0) is 12.6. The normalized spacial score (nSPS) is 19.4. The summed E-state index contributed by atoms with van der Waals surface area (Å²) >= 11 is 0. The van der Waals surface area contributed by atoms with Crippen LogP contribution in [0.1, 0.15) is 31.2 Å². The molecule has 2 heterocycles. The fraction of sp³-hybridized carbons (Fsp3) is 0.571. The smallest absolute Gasteiger partial charge is 0.221 e. The SMILES string of the molecule is O=C(CC1CCCCN1)NCCc1cccnc1. The molecule has 1 aliphatic rings. The average Bonchev–Trinajstić information content (AvgIpc) is 2.41. The Bertz CT molecular complexity index is 361. The lowest BCUT2D eigenvalue weighted by atomic mass is 10.0. The lowest BCUT2D eigenvalue weighted by Gasteiger charge is -2.22. The van der Waals surface area contributed by atoms with Crippen LogP contribution in [0.2, 0.25) is 0 Å². The topological polar surface area (TPSA) is 54.0 Å². The number of rotatable bonds is 5. The van der Waals surface area contributed by atoms with E-state index in [1.54, 1.807) is 6.20 Å². The van der Waals surface area contributed by atoms with Crippen LogP contribution < -0.4 is 10.6 Å². The van der Waals surface area contributed by atoms with Crippen molar-refractivity contribution in [1.82, 2.24) is 15.6 Å². The number of carbonyl (C=O) groups excluding carboxylic acids is 1. The van der Waals surface area contributed by atoms with Crippen molar-refractivity contribution in [3.63, 3.8) is 0 Å².